The molecule has 152 valence electrons. The number of carbonyl (C=O) groups is 1. The van der Waals surface area contributed by atoms with Crippen LogP contribution < -0.4 is 4.74 Å². The number of thiazole rings is 1. The lowest BCUT2D eigenvalue weighted by Crippen LogP contribution is -2.48. The van der Waals surface area contributed by atoms with E-state index in [-0.39, 0.29) is 5.91 Å². The molecule has 5 nitrogen and oxygen atoms in total. The van der Waals surface area contributed by atoms with Gasteiger partial charge in [0.05, 0.1) is 23.4 Å². The maximum absolute atomic E-state index is 12.9. The number of aromatic nitrogens is 1. The Labute approximate surface area is 175 Å². The topological polar surface area (TPSA) is 45.7 Å². The van der Waals surface area contributed by atoms with Crippen LogP contribution in [0.25, 0.3) is 10.2 Å². The zero-order valence-electron chi connectivity index (χ0n) is 17.0. The number of fused-ring (bicyclic) bond motifs is 1. The van der Waals surface area contributed by atoms with Crippen molar-refractivity contribution in [2.24, 2.45) is 5.92 Å². The minimum atomic E-state index is 0.0830. The van der Waals surface area contributed by atoms with Crippen molar-refractivity contribution in [1.29, 1.82) is 0 Å². The molecule has 1 aliphatic heterocycles. The summed E-state index contributed by atoms with van der Waals surface area (Å²) in [6, 6.07) is 15.8. The summed E-state index contributed by atoms with van der Waals surface area (Å²) in [4.78, 5) is 22.0. The molecule has 0 bridgehead atoms. The molecule has 0 atom stereocenters. The average Bonchev–Trinajstić information content (AvgIpc) is 3.15. The largest absolute Gasteiger partial charge is 0.493 e. The van der Waals surface area contributed by atoms with E-state index in [1.54, 1.807) is 11.3 Å². The molecule has 0 aliphatic carbocycles. The molecule has 0 radical (unpaired) electrons. The Morgan fingerprint density at radius 1 is 1.10 bits per heavy atom. The van der Waals surface area contributed by atoms with Gasteiger partial charge in [0.2, 0.25) is 0 Å². The summed E-state index contributed by atoms with van der Waals surface area (Å²) >= 11 is 1.76. The third-order valence-corrected chi connectivity index (χ3v) is 6.04. The van der Waals surface area contributed by atoms with Crippen molar-refractivity contribution < 1.29 is 9.53 Å². The van der Waals surface area contributed by atoms with Crippen LogP contribution in [0.2, 0.25) is 0 Å². The van der Waals surface area contributed by atoms with Gasteiger partial charge in [0.15, 0.2) is 0 Å². The van der Waals surface area contributed by atoms with Gasteiger partial charge < -0.3 is 9.64 Å². The van der Waals surface area contributed by atoms with E-state index in [0.29, 0.717) is 18.1 Å². The number of para-hydroxylation sites is 1. The fraction of sp³-hybridized carbons (Fsp3) is 0.391. The molecule has 6 heteroatoms. The van der Waals surface area contributed by atoms with Gasteiger partial charge >= 0.3 is 0 Å². The molecule has 3 aromatic rings. The van der Waals surface area contributed by atoms with Gasteiger partial charge in [-0.25, -0.2) is 4.98 Å². The molecule has 1 aromatic heterocycles. The van der Waals surface area contributed by atoms with Crippen molar-refractivity contribution in [3.8, 4) is 5.75 Å². The van der Waals surface area contributed by atoms with Crippen LogP contribution in [0.5, 0.6) is 5.75 Å². The Morgan fingerprint density at radius 3 is 2.66 bits per heavy atom. The number of nitrogens with zero attached hydrogens (tertiary/aromatic N) is 3. The summed E-state index contributed by atoms with van der Waals surface area (Å²) in [6.07, 6.45) is 0. The van der Waals surface area contributed by atoms with Gasteiger partial charge in [0.1, 0.15) is 10.8 Å². The molecule has 2 aromatic carbocycles. The van der Waals surface area contributed by atoms with E-state index in [9.17, 15) is 4.79 Å². The SMILES string of the molecule is CC(C)COc1cccc(C(=O)N2CCN(Cc3nc4ccccc4s3)CC2)c1. The van der Waals surface area contributed by atoms with Gasteiger partial charge in [-0.05, 0) is 36.2 Å². The number of hydrogen-bond acceptors (Lipinski definition) is 5. The molecule has 29 heavy (non-hydrogen) atoms. The Morgan fingerprint density at radius 2 is 1.90 bits per heavy atom. The van der Waals surface area contributed by atoms with Gasteiger partial charge in [0, 0.05) is 31.7 Å². The van der Waals surface area contributed by atoms with Crippen molar-refractivity contribution in [2.45, 2.75) is 20.4 Å². The van der Waals surface area contributed by atoms with Gasteiger partial charge in [-0.15, -0.1) is 11.3 Å². The Hall–Kier alpha value is -2.44. The highest BCUT2D eigenvalue weighted by Crippen LogP contribution is 2.23. The standard InChI is InChI=1S/C23H27N3O2S/c1-17(2)16-28-19-7-5-6-18(14-19)23(27)26-12-10-25(11-13-26)15-22-24-20-8-3-4-9-21(20)29-22/h3-9,14,17H,10-13,15-16H2,1-2H3. The molecule has 0 saturated carbocycles. The van der Waals surface area contributed by atoms with Crippen LogP contribution in [0.15, 0.2) is 48.5 Å². The molecule has 1 fully saturated rings. The minimum absolute atomic E-state index is 0.0830. The van der Waals surface area contributed by atoms with Crippen molar-refractivity contribution in [2.75, 3.05) is 32.8 Å². The third kappa shape index (κ3) is 4.95. The summed E-state index contributed by atoms with van der Waals surface area (Å²) in [5, 5.41) is 1.14. The molecule has 1 amide bonds. The predicted molar refractivity (Wildman–Crippen MR) is 118 cm³/mol. The second-order valence-electron chi connectivity index (χ2n) is 7.88. The molecule has 1 aliphatic rings. The Balaban J connectivity index is 1.33. The van der Waals surface area contributed by atoms with Crippen LogP contribution in [-0.4, -0.2) is 53.5 Å². The van der Waals surface area contributed by atoms with Gasteiger partial charge in [-0.1, -0.05) is 32.0 Å². The van der Waals surface area contributed by atoms with Crippen LogP contribution in [0.4, 0.5) is 0 Å². The smallest absolute Gasteiger partial charge is 0.254 e. The van der Waals surface area contributed by atoms with E-state index >= 15 is 0 Å². The molecule has 0 spiro atoms. The lowest BCUT2D eigenvalue weighted by atomic mass is 10.1. The van der Waals surface area contributed by atoms with Crippen LogP contribution in [0.3, 0.4) is 0 Å². The number of ether oxygens (including phenoxy) is 1. The van der Waals surface area contributed by atoms with Crippen molar-refractivity contribution in [1.82, 2.24) is 14.8 Å². The number of hydrogen-bond donors (Lipinski definition) is 0. The second-order valence-corrected chi connectivity index (χ2v) is 8.99. The van der Waals surface area contributed by atoms with Crippen molar-refractivity contribution >= 4 is 27.5 Å². The lowest BCUT2D eigenvalue weighted by molar-refractivity contribution is 0.0628. The van der Waals surface area contributed by atoms with Crippen LogP contribution >= 0.6 is 11.3 Å². The number of amides is 1. The van der Waals surface area contributed by atoms with Gasteiger partial charge in [0.25, 0.3) is 5.91 Å². The van der Waals surface area contributed by atoms with Crippen LogP contribution in [0.1, 0.15) is 29.2 Å². The summed E-state index contributed by atoms with van der Waals surface area (Å²) in [6.45, 7) is 8.94. The van der Waals surface area contributed by atoms with E-state index in [1.165, 1.54) is 4.70 Å². The first-order chi connectivity index (χ1) is 14.1. The summed E-state index contributed by atoms with van der Waals surface area (Å²) in [7, 11) is 0. The first-order valence-corrected chi connectivity index (χ1v) is 11.0. The van der Waals surface area contributed by atoms with E-state index in [2.05, 4.69) is 36.9 Å². The fourth-order valence-electron chi connectivity index (χ4n) is 3.45. The van der Waals surface area contributed by atoms with Gasteiger partial charge in [-0.2, -0.15) is 0 Å². The monoisotopic (exact) mass is 409 g/mol. The van der Waals surface area contributed by atoms with Crippen LogP contribution in [-0.2, 0) is 6.54 Å². The zero-order chi connectivity index (χ0) is 20.2. The maximum atomic E-state index is 12.9. The van der Waals surface area contributed by atoms with Crippen LogP contribution in [0, 0.1) is 5.92 Å². The zero-order valence-corrected chi connectivity index (χ0v) is 17.8. The Bertz CT molecular complexity index is 944. The summed E-state index contributed by atoms with van der Waals surface area (Å²) < 4.78 is 7.00. The number of benzene rings is 2. The quantitative estimate of drug-likeness (QED) is 0.609. The minimum Gasteiger partial charge on any atom is -0.493 e. The van der Waals surface area contributed by atoms with E-state index in [0.717, 1.165) is 49.0 Å². The van der Waals surface area contributed by atoms with Gasteiger partial charge in [-0.3, -0.25) is 9.69 Å². The maximum Gasteiger partial charge on any atom is 0.254 e. The average molecular weight is 410 g/mol. The number of piperazine rings is 1. The van der Waals surface area contributed by atoms with E-state index in [1.807, 2.05) is 35.2 Å². The number of carbonyl (C=O) groups excluding carboxylic acids is 1. The molecule has 1 saturated heterocycles. The first kappa shape index (κ1) is 19.9. The Kier molecular flexibility index (Phi) is 6.11. The third-order valence-electron chi connectivity index (χ3n) is 5.02. The molecule has 0 N–H and O–H groups in total. The molecule has 0 unspecified atom stereocenters. The predicted octanol–water partition coefficient (Wildman–Crippen LogP) is 4.29. The molecule has 4 rings (SSSR count). The lowest BCUT2D eigenvalue weighted by Gasteiger charge is -2.34. The van der Waals surface area contributed by atoms with Crippen molar-refractivity contribution in [3.63, 3.8) is 0 Å². The first-order valence-electron chi connectivity index (χ1n) is 10.2. The normalized spacial score (nSPS) is 15.2. The number of rotatable bonds is 6. The fourth-order valence-corrected chi connectivity index (χ4v) is 4.46. The van der Waals surface area contributed by atoms with E-state index in [4.69, 9.17) is 9.72 Å². The second kappa shape index (κ2) is 8.93. The van der Waals surface area contributed by atoms with E-state index < -0.39 is 0 Å². The molecular formula is C23H27N3O2S. The van der Waals surface area contributed by atoms with Crippen molar-refractivity contribution in [3.05, 3.63) is 59.1 Å². The highest BCUT2D eigenvalue weighted by atomic mass is 32.1. The summed E-state index contributed by atoms with van der Waals surface area (Å²) in [5.74, 6) is 1.30. The molecule has 2 heterocycles. The molecular weight excluding hydrogens is 382 g/mol. The highest BCUT2D eigenvalue weighted by molar-refractivity contribution is 7.18. The highest BCUT2D eigenvalue weighted by Gasteiger charge is 2.23. The summed E-state index contributed by atoms with van der Waals surface area (Å²) in [5.41, 5.74) is 1.77.